The van der Waals surface area contributed by atoms with Gasteiger partial charge in [-0.3, -0.25) is 33.6 Å². The molecule has 0 radical (unpaired) electrons. The lowest BCUT2D eigenvalue weighted by Gasteiger charge is -2.56. The van der Waals surface area contributed by atoms with Gasteiger partial charge >= 0.3 is 41.8 Å². The molecule has 17 saturated carbocycles. The number of fused-ring (bicyclic) bond motifs is 21. The zero-order chi connectivity index (χ0) is 109. The van der Waals surface area contributed by atoms with E-state index in [1.165, 1.54) is 148 Å². The van der Waals surface area contributed by atoms with E-state index in [4.69, 9.17) is 42.6 Å². The number of ether oxygens (including phenoxy) is 9. The second-order valence-electron chi connectivity index (χ2n) is 54.8. The van der Waals surface area contributed by atoms with Gasteiger partial charge in [-0.15, -0.1) is 0 Å². The Kier molecular flexibility index (Phi) is 46.3. The van der Waals surface area contributed by atoms with Crippen molar-refractivity contribution in [1.29, 1.82) is 0 Å². The molecule has 0 aromatic heterocycles. The van der Waals surface area contributed by atoms with E-state index in [0.29, 0.717) is 35.2 Å². The number of rotatable bonds is 26. The van der Waals surface area contributed by atoms with Gasteiger partial charge in [0.25, 0.3) is 0 Å². The van der Waals surface area contributed by atoms with Gasteiger partial charge in [0.05, 0.1) is 49.6 Å². The Morgan fingerprint density at radius 1 is 0.331 bits per heavy atom. The summed E-state index contributed by atoms with van der Waals surface area (Å²) in [5, 5.41) is 0. The van der Waals surface area contributed by atoms with Crippen LogP contribution in [0.3, 0.4) is 0 Å². The van der Waals surface area contributed by atoms with Crippen molar-refractivity contribution in [2.24, 2.45) is 179 Å². The third kappa shape index (κ3) is 29.8. The molecule has 1 spiro atoms. The van der Waals surface area contributed by atoms with Gasteiger partial charge in [-0.1, -0.05) is 159 Å². The minimum absolute atomic E-state index is 0.000595. The highest BCUT2D eigenvalue weighted by molar-refractivity contribution is 5.79. The van der Waals surface area contributed by atoms with Crippen molar-refractivity contribution in [2.75, 3.05) is 0 Å². The number of carbonyl (C=O) groups is 7. The second kappa shape index (κ2) is 51.1. The van der Waals surface area contributed by atoms with E-state index in [-0.39, 0.29) is 108 Å². The van der Waals surface area contributed by atoms with E-state index in [1.54, 1.807) is 0 Å². The van der Waals surface area contributed by atoms with Gasteiger partial charge in [0.15, 0.2) is 6.29 Å². The number of carbonyl (C=O) groups excluding carboxylic acids is 7. The van der Waals surface area contributed by atoms with Crippen LogP contribution in [0.1, 0.15) is 531 Å². The molecule has 0 aromatic carbocycles. The predicted octanol–water partition coefficient (Wildman–Crippen LogP) is 34.2. The quantitative estimate of drug-likeness (QED) is 0.0342. The first kappa shape index (κ1) is 129. The van der Waals surface area contributed by atoms with Gasteiger partial charge in [-0.2, -0.15) is 0 Å². The zero-order valence-electron chi connectivity index (χ0n) is 102. The summed E-state index contributed by atoms with van der Waals surface area (Å²) in [6, 6.07) is 0. The molecule has 16 heteroatoms. The van der Waals surface area contributed by atoms with Gasteiger partial charge in [0, 0.05) is 17.8 Å². The molecule has 16 bridgehead atoms. The Bertz CT molecular complexity index is 3900. The summed E-state index contributed by atoms with van der Waals surface area (Å²) in [7, 11) is 0. The normalized spacial score (nSPS) is 34.5. The van der Waals surface area contributed by atoms with Crippen molar-refractivity contribution >= 4 is 41.8 Å². The standard InChI is InChI=1S/C21H36O2.C20H32O3.C19H30O2.C18H30O3.C16H28O2.C12H24O2.C10H20O2.5C2H6/c1-8-18(3,4)17(22)23-20(7)11-12-21-13-16(20)19(5,6)15(21)10-9-14(21)2;1-5-20(3,4)19(21)23-11(2)22-16-10-14-9-15(16)18-13-7-6-12(8-13)17(14)18;1-5-18(2,3)17(20)21-19(4)10-13-9-14(19)16-12-7-6-11(8-12)15(13)16;1-5-17(3,4)16(19)20-12(2)21-18-9-13-6-14(10-18)8-15(7-13)11-18;1-6-15(2,3)14(17)18-16(4,5)13-10-11-7-8-12(13)9-11;1-8-11(4,5)10(13)14-12(6,7)9(2)3;1-7-10(5,6)8(11)12-9(2,3)4;5*1-2/h14-16H,8-13H2,1-7H3;11-18H,5-10H2,1-4H3;11-16H,5-10H2,1-4H3;12-15H,5-11H2,1-4H3;11-13H,6-10H2,1-5H3;9H,8H2,1-7H3;7H2,1-6H3;5*1-2H3. The number of esters is 7. The summed E-state index contributed by atoms with van der Waals surface area (Å²) in [4.78, 5) is 85.3. The molecule has 24 atom stereocenters. The fourth-order valence-corrected chi connectivity index (χ4v) is 29.2. The molecule has 0 amide bonds. The highest BCUT2D eigenvalue weighted by atomic mass is 16.7. The topological polar surface area (TPSA) is 203 Å². The maximum absolute atomic E-state index is 12.7. The molecule has 0 aliphatic heterocycles. The van der Waals surface area contributed by atoms with Crippen LogP contribution in [0.2, 0.25) is 0 Å². The fourth-order valence-electron chi connectivity index (χ4n) is 29.2. The third-order valence-corrected chi connectivity index (χ3v) is 40.7. The first-order chi connectivity index (χ1) is 65.7. The lowest BCUT2D eigenvalue weighted by Crippen LogP contribution is -2.53. The molecule has 16 nitrogen and oxygen atoms in total. The first-order valence-electron chi connectivity index (χ1n) is 59.6. The smallest absolute Gasteiger partial charge is 0.313 e. The van der Waals surface area contributed by atoms with Crippen molar-refractivity contribution in [3.8, 4) is 0 Å². The minimum Gasteiger partial charge on any atom is -0.460 e. The molecular formula is C126H230O16. The van der Waals surface area contributed by atoms with Crippen molar-refractivity contribution in [3.63, 3.8) is 0 Å². The first-order valence-corrected chi connectivity index (χ1v) is 59.6. The molecule has 0 saturated heterocycles. The van der Waals surface area contributed by atoms with Crippen molar-refractivity contribution in [2.45, 2.75) is 583 Å². The summed E-state index contributed by atoms with van der Waals surface area (Å²) < 4.78 is 52.8. The Morgan fingerprint density at radius 2 is 0.718 bits per heavy atom. The highest BCUT2D eigenvalue weighted by Gasteiger charge is 2.71. The van der Waals surface area contributed by atoms with E-state index < -0.39 is 23.4 Å². The molecule has 142 heavy (non-hydrogen) atoms. The molecule has 24 unspecified atom stereocenters. The number of hydrogen-bond acceptors (Lipinski definition) is 16. The van der Waals surface area contributed by atoms with Crippen LogP contribution in [0.5, 0.6) is 0 Å². The van der Waals surface area contributed by atoms with E-state index in [9.17, 15) is 33.6 Å². The third-order valence-electron chi connectivity index (χ3n) is 40.7. The van der Waals surface area contributed by atoms with Crippen LogP contribution < -0.4 is 0 Å². The minimum atomic E-state index is -0.418. The van der Waals surface area contributed by atoms with Gasteiger partial charge < -0.3 is 42.6 Å². The van der Waals surface area contributed by atoms with Gasteiger partial charge in [0.1, 0.15) is 28.0 Å². The zero-order valence-corrected chi connectivity index (χ0v) is 102. The second-order valence-corrected chi connectivity index (χ2v) is 54.8. The van der Waals surface area contributed by atoms with Crippen molar-refractivity contribution in [1.82, 2.24) is 0 Å². The summed E-state index contributed by atoms with van der Waals surface area (Å²) in [5.41, 5.74) is -3.27. The van der Waals surface area contributed by atoms with E-state index in [2.05, 4.69) is 76.2 Å². The van der Waals surface area contributed by atoms with E-state index in [0.717, 1.165) is 164 Å². The molecule has 17 fully saturated rings. The fraction of sp³-hybridized carbons (Fsp3) is 0.944. The van der Waals surface area contributed by atoms with Crippen LogP contribution in [0, 0.1) is 179 Å². The summed E-state index contributed by atoms with van der Waals surface area (Å²) in [5.74, 6) is 17.7. The van der Waals surface area contributed by atoms with Crippen LogP contribution in [-0.4, -0.2) is 94.1 Å². The largest absolute Gasteiger partial charge is 0.460 e. The molecule has 830 valence electrons. The van der Waals surface area contributed by atoms with Gasteiger partial charge in [-0.05, 0) is 495 Å². The van der Waals surface area contributed by atoms with E-state index >= 15 is 0 Å². The maximum atomic E-state index is 12.7. The Hall–Kier alpha value is -3.79. The Labute approximate surface area is 874 Å². The molecular weight excluding hydrogens is 1770 g/mol. The van der Waals surface area contributed by atoms with Crippen molar-refractivity contribution in [3.05, 3.63) is 0 Å². The van der Waals surface area contributed by atoms with Crippen LogP contribution in [0.15, 0.2) is 0 Å². The van der Waals surface area contributed by atoms with Crippen molar-refractivity contribution < 1.29 is 76.2 Å². The number of hydrogen-bond donors (Lipinski definition) is 0. The summed E-state index contributed by atoms with van der Waals surface area (Å²) in [6.07, 6.45) is 38.5. The van der Waals surface area contributed by atoms with Gasteiger partial charge in [0.2, 0.25) is 6.29 Å². The summed E-state index contributed by atoms with van der Waals surface area (Å²) in [6.45, 7) is 95.2. The highest BCUT2D eigenvalue weighted by Crippen LogP contribution is 2.75. The van der Waals surface area contributed by atoms with Gasteiger partial charge in [-0.25, -0.2) is 0 Å². The lowest BCUT2D eigenvalue weighted by molar-refractivity contribution is -0.248. The molecule has 0 N–H and O–H groups in total. The van der Waals surface area contributed by atoms with Crippen LogP contribution in [0.25, 0.3) is 0 Å². The molecule has 0 heterocycles. The average Bonchev–Trinajstić information content (AvgIpc) is 1.53. The average molecular weight is 2000 g/mol. The molecule has 17 aliphatic rings. The predicted molar refractivity (Wildman–Crippen MR) is 586 cm³/mol. The summed E-state index contributed by atoms with van der Waals surface area (Å²) >= 11 is 0. The van der Waals surface area contributed by atoms with Crippen LogP contribution in [-0.2, 0) is 76.2 Å². The van der Waals surface area contributed by atoms with Crippen LogP contribution >= 0.6 is 0 Å². The van der Waals surface area contributed by atoms with E-state index in [1.807, 2.05) is 249 Å². The Balaban J connectivity index is 0.000000290. The molecule has 17 rings (SSSR count). The molecule has 17 aliphatic carbocycles. The monoisotopic (exact) mass is 2000 g/mol. The molecule has 0 aromatic rings. The SMILES string of the molecule is CC.CC.CC.CC.CC.CCC(C)(C)C(=O)OC(C)(C)C.CCC(C)(C)C(=O)OC(C)(C)C(C)C.CCC(C)(C)C(=O)OC(C)(C)C1CC2CCC1C2.CCC(C)(C)C(=O)OC(C)OC12CC3CC(CC(C3)C1)C2.CCC(C)(C)C(=O)OC(C)OC1CC2CC1C1C3CCC(C3)C21.CCC(C)(C)C(=O)OC1(C)CC2CC1C1C3CCC(C3)C21.CCC(C)(C)C(=O)OC1(C)CCC23CC1C(C)(C)C2CCC3C. The lowest BCUT2D eigenvalue weighted by atomic mass is 9.54. The Morgan fingerprint density at radius 3 is 1.13 bits per heavy atom. The van der Waals surface area contributed by atoms with Crippen LogP contribution in [0.4, 0.5) is 0 Å². The maximum Gasteiger partial charge on any atom is 0.313 e.